The number of hydrogen-bond acceptors (Lipinski definition) is 3. The van der Waals surface area contributed by atoms with Crippen LogP contribution in [-0.2, 0) is 9.84 Å². The van der Waals surface area contributed by atoms with Gasteiger partial charge in [-0.2, -0.15) is 0 Å². The second-order valence-electron chi connectivity index (χ2n) is 4.76. The lowest BCUT2D eigenvalue weighted by atomic mass is 9.95. The zero-order valence-corrected chi connectivity index (χ0v) is 12.4. The molecular formula is C12H17ClFNO2S. The molecule has 102 valence electrons. The standard InChI is InChI=1S/C12H17ClFNO2S/c1-12(2,18(4,16)17)11(15-3)9-6-5-8(13)7-10(9)14/h5-7,11,15H,1-4H3. The summed E-state index contributed by atoms with van der Waals surface area (Å²) in [5, 5.41) is 3.14. The Hall–Kier alpha value is -0.650. The first kappa shape index (κ1) is 15.4. The third-order valence-electron chi connectivity index (χ3n) is 3.21. The van der Waals surface area contributed by atoms with Crippen molar-refractivity contribution in [3.05, 3.63) is 34.6 Å². The lowest BCUT2D eigenvalue weighted by Gasteiger charge is -2.33. The third-order valence-corrected chi connectivity index (χ3v) is 5.60. The molecular weight excluding hydrogens is 277 g/mol. The van der Waals surface area contributed by atoms with E-state index in [0.29, 0.717) is 0 Å². The molecule has 1 N–H and O–H groups in total. The van der Waals surface area contributed by atoms with E-state index in [4.69, 9.17) is 11.6 Å². The summed E-state index contributed by atoms with van der Waals surface area (Å²) in [6.07, 6.45) is 1.14. The van der Waals surface area contributed by atoms with Crippen molar-refractivity contribution < 1.29 is 12.8 Å². The van der Waals surface area contributed by atoms with E-state index in [1.807, 2.05) is 0 Å². The molecule has 0 radical (unpaired) electrons. The highest BCUT2D eigenvalue weighted by atomic mass is 35.5. The van der Waals surface area contributed by atoms with Crippen molar-refractivity contribution in [2.45, 2.75) is 24.6 Å². The number of halogens is 2. The molecule has 0 amide bonds. The van der Waals surface area contributed by atoms with E-state index in [1.54, 1.807) is 27.0 Å². The average Bonchev–Trinajstić information content (AvgIpc) is 2.20. The normalized spacial score (nSPS) is 14.6. The fraction of sp³-hybridized carbons (Fsp3) is 0.500. The highest BCUT2D eigenvalue weighted by Crippen LogP contribution is 2.33. The molecule has 1 atom stereocenters. The van der Waals surface area contributed by atoms with Crippen LogP contribution in [0.4, 0.5) is 4.39 Å². The number of nitrogens with one attached hydrogen (secondary N) is 1. The molecule has 0 saturated heterocycles. The molecule has 0 bridgehead atoms. The smallest absolute Gasteiger partial charge is 0.154 e. The van der Waals surface area contributed by atoms with Crippen LogP contribution in [-0.4, -0.2) is 26.5 Å². The summed E-state index contributed by atoms with van der Waals surface area (Å²) in [6.45, 7) is 3.13. The second kappa shape index (κ2) is 5.15. The van der Waals surface area contributed by atoms with Crippen molar-refractivity contribution in [3.8, 4) is 0 Å². The zero-order chi connectivity index (χ0) is 14.1. The highest BCUT2D eigenvalue weighted by Gasteiger charge is 2.40. The van der Waals surface area contributed by atoms with Crippen molar-refractivity contribution in [1.29, 1.82) is 0 Å². The number of hydrogen-bond donors (Lipinski definition) is 1. The molecule has 0 heterocycles. The Bertz CT molecular complexity index is 543. The van der Waals surface area contributed by atoms with Gasteiger partial charge in [0.25, 0.3) is 0 Å². The monoisotopic (exact) mass is 293 g/mol. The summed E-state index contributed by atoms with van der Waals surface area (Å²) in [4.78, 5) is 0. The number of benzene rings is 1. The molecule has 0 spiro atoms. The maximum atomic E-state index is 13.9. The van der Waals surface area contributed by atoms with Crippen LogP contribution >= 0.6 is 11.6 Å². The van der Waals surface area contributed by atoms with Gasteiger partial charge in [0.1, 0.15) is 5.82 Å². The summed E-state index contributed by atoms with van der Waals surface area (Å²) in [5.41, 5.74) is 0.289. The maximum Gasteiger partial charge on any atom is 0.154 e. The van der Waals surface area contributed by atoms with E-state index in [9.17, 15) is 12.8 Å². The highest BCUT2D eigenvalue weighted by molar-refractivity contribution is 7.92. The van der Waals surface area contributed by atoms with Crippen LogP contribution in [0.3, 0.4) is 0 Å². The minimum atomic E-state index is -3.35. The first-order chi connectivity index (χ1) is 8.11. The quantitative estimate of drug-likeness (QED) is 0.928. The molecule has 0 aliphatic rings. The van der Waals surface area contributed by atoms with Gasteiger partial charge in [0.15, 0.2) is 9.84 Å². The molecule has 0 fully saturated rings. The van der Waals surface area contributed by atoms with Gasteiger partial charge < -0.3 is 5.32 Å². The van der Waals surface area contributed by atoms with Gasteiger partial charge in [-0.15, -0.1) is 0 Å². The fourth-order valence-corrected chi connectivity index (χ4v) is 2.66. The van der Waals surface area contributed by atoms with Crippen LogP contribution < -0.4 is 5.32 Å². The molecule has 18 heavy (non-hydrogen) atoms. The Balaban J connectivity index is 3.35. The lowest BCUT2D eigenvalue weighted by molar-refractivity contribution is 0.430. The van der Waals surface area contributed by atoms with Gasteiger partial charge in [0, 0.05) is 16.8 Å². The van der Waals surface area contributed by atoms with Gasteiger partial charge in [-0.1, -0.05) is 17.7 Å². The van der Waals surface area contributed by atoms with Gasteiger partial charge in [0.2, 0.25) is 0 Å². The fourth-order valence-electron chi connectivity index (χ4n) is 1.83. The van der Waals surface area contributed by atoms with Crippen molar-refractivity contribution in [2.75, 3.05) is 13.3 Å². The van der Waals surface area contributed by atoms with Crippen molar-refractivity contribution in [2.24, 2.45) is 0 Å². The molecule has 0 aromatic heterocycles. The molecule has 3 nitrogen and oxygen atoms in total. The topological polar surface area (TPSA) is 46.2 Å². The molecule has 1 aromatic carbocycles. The predicted octanol–water partition coefficient (Wildman–Crippen LogP) is 2.56. The average molecular weight is 294 g/mol. The van der Waals surface area contributed by atoms with E-state index < -0.39 is 26.4 Å². The minimum Gasteiger partial charge on any atom is -0.312 e. The van der Waals surface area contributed by atoms with E-state index in [-0.39, 0.29) is 10.6 Å². The van der Waals surface area contributed by atoms with Crippen molar-refractivity contribution in [1.82, 2.24) is 5.32 Å². The summed E-state index contributed by atoms with van der Waals surface area (Å²) < 4.78 is 36.4. The third kappa shape index (κ3) is 2.84. The molecule has 0 aliphatic carbocycles. The van der Waals surface area contributed by atoms with E-state index in [2.05, 4.69) is 5.32 Å². The predicted molar refractivity (Wildman–Crippen MR) is 72.1 cm³/mol. The van der Waals surface area contributed by atoms with Crippen LogP contribution in [0.25, 0.3) is 0 Å². The zero-order valence-electron chi connectivity index (χ0n) is 10.8. The number of rotatable bonds is 4. The van der Waals surface area contributed by atoms with Crippen LogP contribution in [0.15, 0.2) is 18.2 Å². The van der Waals surface area contributed by atoms with Crippen LogP contribution in [0.2, 0.25) is 5.02 Å². The van der Waals surface area contributed by atoms with E-state index in [1.165, 1.54) is 12.1 Å². The Morgan fingerprint density at radius 3 is 2.33 bits per heavy atom. The maximum absolute atomic E-state index is 13.9. The van der Waals surface area contributed by atoms with Crippen LogP contribution in [0.5, 0.6) is 0 Å². The second-order valence-corrected chi connectivity index (χ2v) is 7.80. The largest absolute Gasteiger partial charge is 0.312 e. The lowest BCUT2D eigenvalue weighted by Crippen LogP contribution is -2.44. The summed E-state index contributed by atoms with van der Waals surface area (Å²) in [7, 11) is -1.75. The van der Waals surface area contributed by atoms with Gasteiger partial charge in [0.05, 0.1) is 10.8 Å². The number of sulfone groups is 1. The van der Waals surface area contributed by atoms with Crippen molar-refractivity contribution in [3.63, 3.8) is 0 Å². The Labute approximate surface area is 112 Å². The molecule has 0 saturated carbocycles. The summed E-state index contributed by atoms with van der Waals surface area (Å²) in [6, 6.07) is 3.58. The van der Waals surface area contributed by atoms with Gasteiger partial charge in [-0.25, -0.2) is 12.8 Å². The molecule has 1 unspecified atom stereocenters. The first-order valence-electron chi connectivity index (χ1n) is 5.43. The van der Waals surface area contributed by atoms with Crippen LogP contribution in [0.1, 0.15) is 25.5 Å². The van der Waals surface area contributed by atoms with Crippen LogP contribution in [0, 0.1) is 5.82 Å². The minimum absolute atomic E-state index is 0.281. The van der Waals surface area contributed by atoms with Crippen molar-refractivity contribution >= 4 is 21.4 Å². The molecule has 1 aromatic rings. The Morgan fingerprint density at radius 1 is 1.39 bits per heavy atom. The van der Waals surface area contributed by atoms with Gasteiger partial charge in [-0.3, -0.25) is 0 Å². The van der Waals surface area contributed by atoms with Gasteiger partial charge >= 0.3 is 0 Å². The van der Waals surface area contributed by atoms with Gasteiger partial charge in [-0.05, 0) is 33.0 Å². The Kier molecular flexibility index (Phi) is 4.41. The summed E-state index contributed by atoms with van der Waals surface area (Å²) in [5.74, 6) is -0.515. The molecule has 1 rings (SSSR count). The van der Waals surface area contributed by atoms with E-state index in [0.717, 1.165) is 6.26 Å². The first-order valence-corrected chi connectivity index (χ1v) is 7.70. The van der Waals surface area contributed by atoms with E-state index >= 15 is 0 Å². The molecule has 6 heteroatoms. The molecule has 0 aliphatic heterocycles. The Morgan fingerprint density at radius 2 is 1.94 bits per heavy atom. The SMILES string of the molecule is CNC(c1ccc(Cl)cc1F)C(C)(C)S(C)(=O)=O. The summed E-state index contributed by atoms with van der Waals surface area (Å²) >= 11 is 5.69.